The molecule has 0 aromatic carbocycles. The quantitative estimate of drug-likeness (QED) is 0.131. The molecule has 0 spiro atoms. The van der Waals surface area contributed by atoms with Crippen molar-refractivity contribution in [3.8, 4) is 0 Å². The van der Waals surface area contributed by atoms with Gasteiger partial charge in [-0.3, -0.25) is 0 Å². The molecular formula is C28H38O18Se. The second-order valence-corrected chi connectivity index (χ2v) is 12.8. The van der Waals surface area contributed by atoms with Gasteiger partial charge in [0.2, 0.25) is 0 Å². The second-order valence-electron chi connectivity index (χ2n) is 10.3. The molecule has 264 valence electrons. The number of ether oxygens (including phenoxy) is 10. The SMILES string of the molecule is CC(=O)OC[C@H]1O[C@@H]([Se][C@@H]2O[C@H](COC(C)=O)[C@@H](OC(C)=O)[C@H](OC(C)=O)[C@H]2OC(C)=O)[C@H](OC(C)=O)[C@@H](OC(C)=O)[C@@H]1OC(C)=O. The molecule has 0 aliphatic carbocycles. The van der Waals surface area contributed by atoms with Crippen LogP contribution in [-0.2, 0) is 85.7 Å². The zero-order valence-corrected chi connectivity index (χ0v) is 28.7. The third kappa shape index (κ3) is 12.4. The van der Waals surface area contributed by atoms with E-state index in [9.17, 15) is 38.4 Å². The van der Waals surface area contributed by atoms with E-state index in [1.807, 2.05) is 0 Å². The van der Waals surface area contributed by atoms with Gasteiger partial charge in [0.1, 0.15) is 0 Å². The molecule has 0 radical (unpaired) electrons. The summed E-state index contributed by atoms with van der Waals surface area (Å²) < 4.78 is 55.3. The van der Waals surface area contributed by atoms with Crippen LogP contribution in [0, 0.1) is 0 Å². The third-order valence-corrected chi connectivity index (χ3v) is 8.88. The topological polar surface area (TPSA) is 229 Å². The maximum atomic E-state index is 12.3. The molecule has 2 rings (SSSR count). The Hall–Kier alpha value is -3.80. The van der Waals surface area contributed by atoms with Crippen molar-refractivity contribution in [2.24, 2.45) is 0 Å². The Labute approximate surface area is 275 Å². The van der Waals surface area contributed by atoms with Crippen molar-refractivity contribution in [1.82, 2.24) is 0 Å². The average Bonchev–Trinajstić information content (AvgIpc) is 2.91. The Morgan fingerprint density at radius 3 is 0.915 bits per heavy atom. The van der Waals surface area contributed by atoms with Gasteiger partial charge in [-0.15, -0.1) is 0 Å². The van der Waals surface area contributed by atoms with Gasteiger partial charge in [-0.05, 0) is 0 Å². The maximum absolute atomic E-state index is 12.3. The molecule has 0 aromatic heterocycles. The summed E-state index contributed by atoms with van der Waals surface area (Å²) in [5.74, 6) is -6.49. The van der Waals surface area contributed by atoms with E-state index in [0.717, 1.165) is 55.4 Å². The molecule has 0 saturated carbocycles. The van der Waals surface area contributed by atoms with Gasteiger partial charge in [-0.2, -0.15) is 0 Å². The molecule has 2 fully saturated rings. The van der Waals surface area contributed by atoms with Gasteiger partial charge in [-0.1, -0.05) is 0 Å². The van der Waals surface area contributed by atoms with Crippen LogP contribution in [0.1, 0.15) is 55.4 Å². The molecule has 0 unspecified atom stereocenters. The normalized spacial score (nSPS) is 30.0. The fourth-order valence-electron chi connectivity index (χ4n) is 4.73. The fourth-order valence-corrected chi connectivity index (χ4v) is 7.68. The van der Waals surface area contributed by atoms with Crippen molar-refractivity contribution in [2.75, 3.05) is 13.2 Å². The van der Waals surface area contributed by atoms with Crippen LogP contribution < -0.4 is 0 Å². The molecule has 0 bridgehead atoms. The van der Waals surface area contributed by atoms with Crippen LogP contribution in [0.3, 0.4) is 0 Å². The van der Waals surface area contributed by atoms with Gasteiger partial charge in [0.25, 0.3) is 0 Å². The molecule has 2 saturated heterocycles. The van der Waals surface area contributed by atoms with Crippen LogP contribution in [-0.4, -0.2) is 135 Å². The summed E-state index contributed by atoms with van der Waals surface area (Å²) in [5.41, 5.74) is 0. The van der Waals surface area contributed by atoms with Crippen LogP contribution in [0.25, 0.3) is 0 Å². The van der Waals surface area contributed by atoms with Crippen molar-refractivity contribution < 1.29 is 85.7 Å². The Morgan fingerprint density at radius 1 is 0.404 bits per heavy atom. The van der Waals surface area contributed by atoms with Crippen molar-refractivity contribution in [1.29, 1.82) is 0 Å². The fraction of sp³-hybridized carbons (Fsp3) is 0.714. The van der Waals surface area contributed by atoms with E-state index >= 15 is 0 Å². The number of rotatable bonds is 12. The average molecular weight is 742 g/mol. The number of carbonyl (C=O) groups is 8. The zero-order chi connectivity index (χ0) is 35.6. The Kier molecular flexibility index (Phi) is 15.0. The molecule has 0 N–H and O–H groups in total. The molecule has 2 heterocycles. The van der Waals surface area contributed by atoms with Crippen LogP contribution in [0.4, 0.5) is 0 Å². The summed E-state index contributed by atoms with van der Waals surface area (Å²) >= 11 is -1.19. The number of carbonyl (C=O) groups excluding carboxylic acids is 8. The summed E-state index contributed by atoms with van der Waals surface area (Å²) in [4.78, 5) is 96.5. The zero-order valence-electron chi connectivity index (χ0n) is 26.9. The van der Waals surface area contributed by atoms with Crippen molar-refractivity contribution in [3.05, 3.63) is 0 Å². The molecule has 19 heteroatoms. The molecule has 10 atom stereocenters. The number of hydrogen-bond donors (Lipinski definition) is 0. The van der Waals surface area contributed by atoms with E-state index < -0.39 is 135 Å². The molecule has 2 aliphatic heterocycles. The van der Waals surface area contributed by atoms with E-state index in [1.54, 1.807) is 0 Å². The van der Waals surface area contributed by atoms with Crippen LogP contribution in [0.2, 0.25) is 0 Å². The number of hydrogen-bond acceptors (Lipinski definition) is 18. The predicted octanol–water partition coefficient (Wildman–Crippen LogP) is -1.14. The second kappa shape index (κ2) is 17.9. The summed E-state index contributed by atoms with van der Waals surface area (Å²) in [6.07, 6.45) is -11.3. The van der Waals surface area contributed by atoms with Gasteiger partial charge in [-0.25, -0.2) is 0 Å². The molecule has 2 aliphatic rings. The van der Waals surface area contributed by atoms with Crippen LogP contribution in [0.5, 0.6) is 0 Å². The summed E-state index contributed by atoms with van der Waals surface area (Å²) in [6, 6.07) is 0. The summed E-state index contributed by atoms with van der Waals surface area (Å²) in [5, 5.41) is -2.55. The summed E-state index contributed by atoms with van der Waals surface area (Å²) in [6.45, 7) is 7.64. The first-order valence-electron chi connectivity index (χ1n) is 14.2. The molecular weight excluding hydrogens is 703 g/mol. The Bertz CT molecular complexity index is 1110. The van der Waals surface area contributed by atoms with Gasteiger partial charge >= 0.3 is 276 Å². The van der Waals surface area contributed by atoms with Gasteiger partial charge < -0.3 is 0 Å². The molecule has 18 nitrogen and oxygen atoms in total. The van der Waals surface area contributed by atoms with Crippen molar-refractivity contribution in [2.45, 2.75) is 114 Å². The monoisotopic (exact) mass is 742 g/mol. The van der Waals surface area contributed by atoms with Crippen LogP contribution >= 0.6 is 0 Å². The minimum absolute atomic E-state index is 0.497. The first-order valence-corrected chi connectivity index (χ1v) is 16.1. The van der Waals surface area contributed by atoms with Gasteiger partial charge in [0, 0.05) is 0 Å². The Morgan fingerprint density at radius 2 is 0.660 bits per heavy atom. The first kappa shape index (κ1) is 39.4. The van der Waals surface area contributed by atoms with E-state index in [2.05, 4.69) is 0 Å². The van der Waals surface area contributed by atoms with Crippen molar-refractivity contribution >= 4 is 62.7 Å². The molecule has 0 aromatic rings. The van der Waals surface area contributed by atoms with Crippen molar-refractivity contribution in [3.63, 3.8) is 0 Å². The van der Waals surface area contributed by atoms with E-state index in [4.69, 9.17) is 47.4 Å². The third-order valence-electron chi connectivity index (χ3n) is 6.16. The predicted molar refractivity (Wildman–Crippen MR) is 150 cm³/mol. The standard InChI is InChI=1S/C28H38O18Se/c1-11(29)37-9-19-21(39-13(3)31)23(41-15(5)33)25(43-17(7)35)27(45-19)47-28-26(44-18(8)36)24(42-16(6)34)22(40-14(4)32)20(46-28)10-38-12(2)30/h19-28H,9-10H2,1-8H3/t19-,20-,21-,22-,23+,24+,25-,26-,27+,28+/m1/s1. The molecule has 0 amide bonds. The van der Waals surface area contributed by atoms with E-state index in [0.29, 0.717) is 0 Å². The van der Waals surface area contributed by atoms with E-state index in [-0.39, 0.29) is 0 Å². The minimum atomic E-state index is -1.49. The Balaban J connectivity index is 2.69. The number of esters is 8. The van der Waals surface area contributed by atoms with Gasteiger partial charge in [0.15, 0.2) is 0 Å². The summed E-state index contributed by atoms with van der Waals surface area (Å²) in [7, 11) is 0. The van der Waals surface area contributed by atoms with Gasteiger partial charge in [0.05, 0.1) is 0 Å². The van der Waals surface area contributed by atoms with E-state index in [1.165, 1.54) is 0 Å². The van der Waals surface area contributed by atoms with Crippen LogP contribution in [0.15, 0.2) is 0 Å². The molecule has 47 heavy (non-hydrogen) atoms. The first-order chi connectivity index (χ1) is 21.9.